The first-order chi connectivity index (χ1) is 9.97. The number of Topliss-reactive ketones (excluding diaryl/α,β-unsaturated/α-hetero) is 2. The number of carbonyl (C=O) groups excluding carboxylic acids is 3. The number of carbonyl (C=O) groups is 3. The van der Waals surface area contributed by atoms with Crippen molar-refractivity contribution in [3.8, 4) is 0 Å². The Morgan fingerprint density at radius 1 is 1.24 bits per heavy atom. The van der Waals surface area contributed by atoms with E-state index in [4.69, 9.17) is 11.6 Å². The standard InChI is InChI=1S/C14H7BrClNO3S/c15-10-4-3-9(21-10)13(19)11-12(18)7-2-1-6(16)5-8(7)17-14(11)20/h1-5,11H,(H,17,20). The summed E-state index contributed by atoms with van der Waals surface area (Å²) < 4.78 is 0.765. The molecule has 1 unspecified atom stereocenters. The van der Waals surface area contributed by atoms with E-state index in [2.05, 4.69) is 21.2 Å². The number of ketones is 2. The van der Waals surface area contributed by atoms with Crippen molar-refractivity contribution >= 4 is 62.0 Å². The van der Waals surface area contributed by atoms with Crippen LogP contribution in [-0.2, 0) is 4.79 Å². The van der Waals surface area contributed by atoms with Gasteiger partial charge in [-0.3, -0.25) is 14.4 Å². The van der Waals surface area contributed by atoms with Crippen LogP contribution in [-0.4, -0.2) is 17.5 Å². The maximum Gasteiger partial charge on any atom is 0.243 e. The Bertz CT molecular complexity index is 786. The van der Waals surface area contributed by atoms with Crippen LogP contribution < -0.4 is 5.32 Å². The number of amides is 1. The van der Waals surface area contributed by atoms with Crippen molar-refractivity contribution in [3.05, 3.63) is 49.6 Å². The van der Waals surface area contributed by atoms with Gasteiger partial charge in [-0.05, 0) is 46.3 Å². The monoisotopic (exact) mass is 383 g/mol. The summed E-state index contributed by atoms with van der Waals surface area (Å²) >= 11 is 10.3. The summed E-state index contributed by atoms with van der Waals surface area (Å²) in [5.41, 5.74) is 0.641. The molecule has 2 aromatic rings. The summed E-state index contributed by atoms with van der Waals surface area (Å²) in [4.78, 5) is 37.3. The van der Waals surface area contributed by atoms with Gasteiger partial charge < -0.3 is 5.32 Å². The van der Waals surface area contributed by atoms with Gasteiger partial charge in [-0.1, -0.05) is 11.6 Å². The Kier molecular flexibility index (Phi) is 3.69. The van der Waals surface area contributed by atoms with Crippen LogP contribution in [0.25, 0.3) is 0 Å². The molecule has 1 atom stereocenters. The lowest BCUT2D eigenvalue weighted by molar-refractivity contribution is -0.117. The highest BCUT2D eigenvalue weighted by atomic mass is 79.9. The Hall–Kier alpha value is -1.50. The lowest BCUT2D eigenvalue weighted by Gasteiger charge is -2.22. The van der Waals surface area contributed by atoms with Crippen LogP contribution in [0.5, 0.6) is 0 Å². The highest BCUT2D eigenvalue weighted by molar-refractivity contribution is 9.11. The molecule has 21 heavy (non-hydrogen) atoms. The molecule has 1 aromatic heterocycles. The predicted octanol–water partition coefficient (Wildman–Crippen LogP) is 3.80. The molecule has 2 heterocycles. The zero-order chi connectivity index (χ0) is 15.1. The van der Waals surface area contributed by atoms with E-state index in [1.54, 1.807) is 18.2 Å². The van der Waals surface area contributed by atoms with Crippen LogP contribution in [0, 0.1) is 5.92 Å². The molecule has 0 aliphatic carbocycles. The smallest absolute Gasteiger partial charge is 0.243 e. The van der Waals surface area contributed by atoms with Crippen molar-refractivity contribution in [2.45, 2.75) is 0 Å². The van der Waals surface area contributed by atoms with E-state index in [-0.39, 0.29) is 0 Å². The van der Waals surface area contributed by atoms with Crippen molar-refractivity contribution < 1.29 is 14.4 Å². The van der Waals surface area contributed by atoms with E-state index in [1.165, 1.54) is 23.5 Å². The summed E-state index contributed by atoms with van der Waals surface area (Å²) in [6.07, 6.45) is 0. The number of fused-ring (bicyclic) bond motifs is 1. The van der Waals surface area contributed by atoms with E-state index in [1.807, 2.05) is 0 Å². The lowest BCUT2D eigenvalue weighted by atomic mass is 9.88. The van der Waals surface area contributed by atoms with Crippen LogP contribution in [0.2, 0.25) is 5.02 Å². The Balaban J connectivity index is 2.01. The summed E-state index contributed by atoms with van der Waals surface area (Å²) in [7, 11) is 0. The van der Waals surface area contributed by atoms with Gasteiger partial charge in [0.25, 0.3) is 0 Å². The zero-order valence-electron chi connectivity index (χ0n) is 10.4. The molecule has 3 rings (SSSR count). The quantitative estimate of drug-likeness (QED) is 0.633. The molecule has 0 radical (unpaired) electrons. The van der Waals surface area contributed by atoms with Gasteiger partial charge in [0, 0.05) is 10.6 Å². The summed E-state index contributed by atoms with van der Waals surface area (Å²) in [5, 5.41) is 2.98. The predicted molar refractivity (Wildman–Crippen MR) is 84.3 cm³/mol. The van der Waals surface area contributed by atoms with Crippen LogP contribution in [0.1, 0.15) is 20.0 Å². The Morgan fingerprint density at radius 2 is 2.00 bits per heavy atom. The third-order valence-electron chi connectivity index (χ3n) is 3.11. The zero-order valence-corrected chi connectivity index (χ0v) is 13.5. The van der Waals surface area contributed by atoms with Gasteiger partial charge >= 0.3 is 0 Å². The minimum absolute atomic E-state index is 0.299. The fourth-order valence-corrected chi connectivity index (χ4v) is 3.67. The third kappa shape index (κ3) is 2.54. The number of hydrogen-bond acceptors (Lipinski definition) is 4. The minimum atomic E-state index is -1.34. The van der Waals surface area contributed by atoms with E-state index in [0.717, 1.165) is 3.79 Å². The average molecular weight is 385 g/mol. The Morgan fingerprint density at radius 3 is 2.67 bits per heavy atom. The van der Waals surface area contributed by atoms with Gasteiger partial charge in [0.05, 0.1) is 14.4 Å². The summed E-state index contributed by atoms with van der Waals surface area (Å²) in [6, 6.07) is 7.87. The van der Waals surface area contributed by atoms with Gasteiger partial charge in [0.2, 0.25) is 5.91 Å². The summed E-state index contributed by atoms with van der Waals surface area (Å²) in [6.45, 7) is 0. The number of halogens is 2. The van der Waals surface area contributed by atoms with E-state index >= 15 is 0 Å². The summed E-state index contributed by atoms with van der Waals surface area (Å²) in [5.74, 6) is -2.96. The molecular formula is C14H7BrClNO3S. The molecule has 0 saturated carbocycles. The second kappa shape index (κ2) is 5.36. The maximum absolute atomic E-state index is 12.4. The normalized spacial score (nSPS) is 17.3. The molecule has 106 valence electrons. The van der Waals surface area contributed by atoms with E-state index in [0.29, 0.717) is 21.2 Å². The molecule has 1 aliphatic heterocycles. The van der Waals surface area contributed by atoms with Crippen LogP contribution in [0.4, 0.5) is 5.69 Å². The number of anilines is 1. The van der Waals surface area contributed by atoms with Crippen molar-refractivity contribution in [1.82, 2.24) is 0 Å². The second-order valence-corrected chi connectivity index (χ2v) is 7.34. The number of benzene rings is 1. The third-order valence-corrected chi connectivity index (χ3v) is 4.98. The molecule has 0 bridgehead atoms. The number of thiophene rings is 1. The SMILES string of the molecule is O=C1Nc2cc(Cl)ccc2C(=O)C1C(=O)c1ccc(Br)s1. The maximum atomic E-state index is 12.4. The Labute approximate surface area is 137 Å². The molecule has 0 fully saturated rings. The first kappa shape index (κ1) is 14.4. The molecule has 0 spiro atoms. The minimum Gasteiger partial charge on any atom is -0.324 e. The van der Waals surface area contributed by atoms with Crippen molar-refractivity contribution in [2.24, 2.45) is 5.92 Å². The molecular weight excluding hydrogens is 378 g/mol. The fourth-order valence-electron chi connectivity index (χ4n) is 2.14. The highest BCUT2D eigenvalue weighted by Gasteiger charge is 2.40. The van der Waals surface area contributed by atoms with Crippen LogP contribution >= 0.6 is 38.9 Å². The second-order valence-electron chi connectivity index (χ2n) is 4.44. The van der Waals surface area contributed by atoms with Crippen molar-refractivity contribution in [1.29, 1.82) is 0 Å². The first-order valence-corrected chi connectivity index (χ1v) is 7.90. The molecule has 4 nitrogen and oxygen atoms in total. The van der Waals surface area contributed by atoms with Crippen LogP contribution in [0.15, 0.2) is 34.1 Å². The number of rotatable bonds is 2. The number of hydrogen-bond donors (Lipinski definition) is 1. The molecule has 1 aliphatic rings. The average Bonchev–Trinajstić information content (AvgIpc) is 2.84. The van der Waals surface area contributed by atoms with Crippen LogP contribution in [0.3, 0.4) is 0 Å². The molecule has 7 heteroatoms. The van der Waals surface area contributed by atoms with Gasteiger partial charge in [-0.2, -0.15) is 0 Å². The highest BCUT2D eigenvalue weighted by Crippen LogP contribution is 2.32. The topological polar surface area (TPSA) is 63.2 Å². The molecule has 1 N–H and O–H groups in total. The van der Waals surface area contributed by atoms with Gasteiger partial charge in [-0.25, -0.2) is 0 Å². The fraction of sp³-hybridized carbons (Fsp3) is 0.0714. The number of nitrogens with one attached hydrogen (secondary N) is 1. The molecule has 1 aromatic carbocycles. The molecule has 1 amide bonds. The van der Waals surface area contributed by atoms with Gasteiger partial charge in [-0.15, -0.1) is 11.3 Å². The van der Waals surface area contributed by atoms with Gasteiger partial charge in [0.1, 0.15) is 0 Å². The van der Waals surface area contributed by atoms with Crippen molar-refractivity contribution in [2.75, 3.05) is 5.32 Å². The van der Waals surface area contributed by atoms with Crippen molar-refractivity contribution in [3.63, 3.8) is 0 Å². The van der Waals surface area contributed by atoms with Gasteiger partial charge in [0.15, 0.2) is 17.5 Å². The lowest BCUT2D eigenvalue weighted by Crippen LogP contribution is -2.40. The largest absolute Gasteiger partial charge is 0.324 e. The molecule has 0 saturated heterocycles. The first-order valence-electron chi connectivity index (χ1n) is 5.91. The van der Waals surface area contributed by atoms with E-state index < -0.39 is 23.4 Å². The van der Waals surface area contributed by atoms with E-state index in [9.17, 15) is 14.4 Å².